The van der Waals surface area contributed by atoms with Crippen LogP contribution < -0.4 is 0 Å². The van der Waals surface area contributed by atoms with E-state index in [1.807, 2.05) is 12.1 Å². The highest BCUT2D eigenvalue weighted by Crippen LogP contribution is 2.26. The van der Waals surface area contributed by atoms with Crippen molar-refractivity contribution < 1.29 is 9.90 Å². The molecule has 3 nitrogen and oxygen atoms in total. The number of rotatable bonds is 4. The Morgan fingerprint density at radius 2 is 2.25 bits per heavy atom. The maximum Gasteiger partial charge on any atom is 0.303 e. The number of hydrogen-bond acceptors (Lipinski definition) is 2. The fourth-order valence-electron chi connectivity index (χ4n) is 2.16. The summed E-state index contributed by atoms with van der Waals surface area (Å²) in [4.78, 5) is 12.8. The summed E-state index contributed by atoms with van der Waals surface area (Å²) in [6.45, 7) is 2.23. The largest absolute Gasteiger partial charge is 0.481 e. The van der Waals surface area contributed by atoms with Gasteiger partial charge in [0.05, 0.1) is 0 Å². The van der Waals surface area contributed by atoms with Gasteiger partial charge in [0.2, 0.25) is 0 Å². The highest BCUT2D eigenvalue weighted by atomic mass is 16.4. The van der Waals surface area contributed by atoms with Crippen molar-refractivity contribution in [3.05, 3.63) is 35.4 Å². The van der Waals surface area contributed by atoms with Gasteiger partial charge in [-0.1, -0.05) is 24.3 Å². The lowest BCUT2D eigenvalue weighted by molar-refractivity contribution is -0.136. The van der Waals surface area contributed by atoms with Crippen LogP contribution in [0.25, 0.3) is 0 Å². The second-order valence-corrected chi connectivity index (χ2v) is 4.56. The molecule has 0 unspecified atom stereocenters. The molecule has 0 atom stereocenters. The van der Waals surface area contributed by atoms with Crippen LogP contribution in [0.3, 0.4) is 0 Å². The molecular formula is C13H17NO2. The normalized spacial score (nSPS) is 17.1. The third-order valence-corrected chi connectivity index (χ3v) is 3.11. The van der Waals surface area contributed by atoms with Crippen molar-refractivity contribution in [3.8, 4) is 0 Å². The van der Waals surface area contributed by atoms with Gasteiger partial charge in [-0.25, -0.2) is 0 Å². The summed E-state index contributed by atoms with van der Waals surface area (Å²) in [5.41, 5.74) is 2.48. The molecule has 1 N–H and O–H groups in total. The van der Waals surface area contributed by atoms with Crippen molar-refractivity contribution in [1.29, 1.82) is 0 Å². The molecule has 1 aliphatic heterocycles. The van der Waals surface area contributed by atoms with Crippen LogP contribution in [0.4, 0.5) is 0 Å². The Balaban J connectivity index is 1.99. The molecule has 1 heterocycles. The summed E-state index contributed by atoms with van der Waals surface area (Å²) in [5, 5.41) is 8.64. The monoisotopic (exact) mass is 219 g/mol. The van der Waals surface area contributed by atoms with E-state index in [2.05, 4.69) is 24.1 Å². The second kappa shape index (κ2) is 4.66. The molecule has 1 aromatic carbocycles. The van der Waals surface area contributed by atoms with Crippen LogP contribution in [0.5, 0.6) is 0 Å². The molecule has 1 saturated heterocycles. The molecule has 3 heteroatoms. The molecule has 1 aromatic rings. The molecule has 0 bridgehead atoms. The van der Waals surface area contributed by atoms with Crippen LogP contribution in [-0.2, 0) is 11.2 Å². The first kappa shape index (κ1) is 11.1. The van der Waals surface area contributed by atoms with E-state index in [0.717, 1.165) is 18.7 Å². The number of benzene rings is 1. The van der Waals surface area contributed by atoms with Crippen LogP contribution >= 0.6 is 0 Å². The SMILES string of the molecule is CN1CC(c2cccc(CCC(=O)O)c2)C1. The number of aliphatic carboxylic acids is 1. The summed E-state index contributed by atoms with van der Waals surface area (Å²) in [7, 11) is 2.12. The van der Waals surface area contributed by atoms with E-state index in [4.69, 9.17) is 5.11 Å². The number of aryl methyl sites for hydroxylation is 1. The molecule has 1 fully saturated rings. The van der Waals surface area contributed by atoms with Crippen molar-refractivity contribution in [2.24, 2.45) is 0 Å². The van der Waals surface area contributed by atoms with Crippen LogP contribution in [0.15, 0.2) is 24.3 Å². The topological polar surface area (TPSA) is 40.5 Å². The van der Waals surface area contributed by atoms with Crippen molar-refractivity contribution in [1.82, 2.24) is 4.90 Å². The second-order valence-electron chi connectivity index (χ2n) is 4.56. The zero-order chi connectivity index (χ0) is 11.5. The van der Waals surface area contributed by atoms with Crippen LogP contribution in [-0.4, -0.2) is 36.1 Å². The maximum atomic E-state index is 10.5. The van der Waals surface area contributed by atoms with E-state index in [1.54, 1.807) is 0 Å². The van der Waals surface area contributed by atoms with E-state index < -0.39 is 5.97 Å². The predicted molar refractivity (Wildman–Crippen MR) is 62.6 cm³/mol. The Hall–Kier alpha value is -1.35. The molecule has 0 aliphatic carbocycles. The lowest BCUT2D eigenvalue weighted by Gasteiger charge is -2.36. The summed E-state index contributed by atoms with van der Waals surface area (Å²) in [6, 6.07) is 8.34. The van der Waals surface area contributed by atoms with Crippen LogP contribution in [0.2, 0.25) is 0 Å². The average Bonchev–Trinajstić information content (AvgIpc) is 2.22. The number of nitrogens with zero attached hydrogens (tertiary/aromatic N) is 1. The van der Waals surface area contributed by atoms with E-state index in [-0.39, 0.29) is 6.42 Å². The zero-order valence-electron chi connectivity index (χ0n) is 9.52. The van der Waals surface area contributed by atoms with Gasteiger partial charge in [-0.05, 0) is 24.6 Å². The molecule has 0 radical (unpaired) electrons. The van der Waals surface area contributed by atoms with Gasteiger partial charge in [-0.2, -0.15) is 0 Å². The molecule has 0 aromatic heterocycles. The van der Waals surface area contributed by atoms with Crippen molar-refractivity contribution in [2.75, 3.05) is 20.1 Å². The standard InChI is InChI=1S/C13H17NO2/c1-14-8-12(9-14)11-4-2-3-10(7-11)5-6-13(15)16/h2-4,7,12H,5-6,8-9H2,1H3,(H,15,16). The average molecular weight is 219 g/mol. The molecule has 16 heavy (non-hydrogen) atoms. The van der Waals surface area contributed by atoms with Gasteiger partial charge in [0, 0.05) is 25.4 Å². The molecular weight excluding hydrogens is 202 g/mol. The van der Waals surface area contributed by atoms with E-state index >= 15 is 0 Å². The first-order chi connectivity index (χ1) is 7.65. The lowest BCUT2D eigenvalue weighted by Crippen LogP contribution is -2.41. The maximum absolute atomic E-state index is 10.5. The minimum atomic E-state index is -0.728. The van der Waals surface area contributed by atoms with Gasteiger partial charge >= 0.3 is 5.97 Å². The molecule has 0 spiro atoms. The first-order valence-corrected chi connectivity index (χ1v) is 5.64. The van der Waals surface area contributed by atoms with Crippen molar-refractivity contribution in [3.63, 3.8) is 0 Å². The fourth-order valence-corrected chi connectivity index (χ4v) is 2.16. The summed E-state index contributed by atoms with van der Waals surface area (Å²) in [6.07, 6.45) is 0.847. The Kier molecular flexibility index (Phi) is 3.25. The van der Waals surface area contributed by atoms with E-state index in [9.17, 15) is 4.79 Å². The molecule has 0 saturated carbocycles. The number of likely N-dealkylation sites (N-methyl/N-ethyl adjacent to an activating group) is 1. The number of hydrogen-bond donors (Lipinski definition) is 1. The molecule has 2 rings (SSSR count). The molecule has 1 aliphatic rings. The van der Waals surface area contributed by atoms with Crippen LogP contribution in [0.1, 0.15) is 23.5 Å². The van der Waals surface area contributed by atoms with Crippen molar-refractivity contribution >= 4 is 5.97 Å². The number of likely N-dealkylation sites (tertiary alicyclic amines) is 1. The minimum absolute atomic E-state index is 0.216. The minimum Gasteiger partial charge on any atom is -0.481 e. The Bertz CT molecular complexity index is 383. The highest BCUT2D eigenvalue weighted by molar-refractivity contribution is 5.67. The van der Waals surface area contributed by atoms with E-state index in [0.29, 0.717) is 12.3 Å². The molecule has 0 amide bonds. The third-order valence-electron chi connectivity index (χ3n) is 3.11. The van der Waals surface area contributed by atoms with Gasteiger partial charge in [0.1, 0.15) is 0 Å². The molecule has 86 valence electrons. The quantitative estimate of drug-likeness (QED) is 0.838. The van der Waals surface area contributed by atoms with Crippen molar-refractivity contribution in [2.45, 2.75) is 18.8 Å². The lowest BCUT2D eigenvalue weighted by atomic mass is 9.90. The van der Waals surface area contributed by atoms with Gasteiger partial charge in [-0.3, -0.25) is 4.79 Å². The van der Waals surface area contributed by atoms with Crippen LogP contribution in [0, 0.1) is 0 Å². The number of carboxylic acids is 1. The fraction of sp³-hybridized carbons (Fsp3) is 0.462. The van der Waals surface area contributed by atoms with Gasteiger partial charge in [0.15, 0.2) is 0 Å². The summed E-state index contributed by atoms with van der Waals surface area (Å²) in [5.74, 6) is -0.0939. The smallest absolute Gasteiger partial charge is 0.303 e. The summed E-state index contributed by atoms with van der Waals surface area (Å²) >= 11 is 0. The number of carbonyl (C=O) groups is 1. The Morgan fingerprint density at radius 3 is 2.88 bits per heavy atom. The predicted octanol–water partition coefficient (Wildman–Crippen LogP) is 1.73. The number of carboxylic acid groups (broad SMARTS) is 1. The third kappa shape index (κ3) is 2.61. The zero-order valence-corrected chi connectivity index (χ0v) is 9.52. The first-order valence-electron chi connectivity index (χ1n) is 5.64. The Morgan fingerprint density at radius 1 is 1.50 bits per heavy atom. The highest BCUT2D eigenvalue weighted by Gasteiger charge is 2.24. The Labute approximate surface area is 95.7 Å². The van der Waals surface area contributed by atoms with Gasteiger partial charge in [-0.15, -0.1) is 0 Å². The van der Waals surface area contributed by atoms with Gasteiger partial charge < -0.3 is 10.0 Å². The van der Waals surface area contributed by atoms with Gasteiger partial charge in [0.25, 0.3) is 0 Å². The van der Waals surface area contributed by atoms with E-state index in [1.165, 1.54) is 5.56 Å². The summed E-state index contributed by atoms with van der Waals surface area (Å²) < 4.78 is 0.